The molecule has 2 N–H and O–H groups in total. The van der Waals surface area contributed by atoms with Crippen molar-refractivity contribution in [3.8, 4) is 0 Å². The van der Waals surface area contributed by atoms with Gasteiger partial charge in [0.2, 0.25) is 0 Å². The second kappa shape index (κ2) is 6.58. The summed E-state index contributed by atoms with van der Waals surface area (Å²) in [6, 6.07) is 15.3. The molecule has 0 unspecified atom stereocenters. The van der Waals surface area contributed by atoms with Gasteiger partial charge in [0.25, 0.3) is 0 Å². The molecule has 0 fully saturated rings. The molecule has 0 bridgehead atoms. The van der Waals surface area contributed by atoms with Crippen LogP contribution < -0.4 is 10.6 Å². The monoisotopic (exact) mass is 268 g/mol. The first-order chi connectivity index (χ1) is 9.58. The van der Waals surface area contributed by atoms with Crippen molar-refractivity contribution in [2.75, 3.05) is 18.0 Å². The van der Waals surface area contributed by atoms with Gasteiger partial charge in [0, 0.05) is 25.3 Å². The maximum absolute atomic E-state index is 5.78. The van der Waals surface area contributed by atoms with Crippen LogP contribution in [0.1, 0.15) is 22.3 Å². The van der Waals surface area contributed by atoms with E-state index in [0.717, 1.165) is 13.1 Å². The zero-order chi connectivity index (χ0) is 14.5. The lowest BCUT2D eigenvalue weighted by atomic mass is 10.1. The predicted molar refractivity (Wildman–Crippen MR) is 87.2 cm³/mol. The lowest BCUT2D eigenvalue weighted by Crippen LogP contribution is -2.29. The molecule has 0 heterocycles. The Morgan fingerprint density at radius 3 is 2.20 bits per heavy atom. The Kier molecular flexibility index (Phi) is 4.80. The van der Waals surface area contributed by atoms with Gasteiger partial charge in [-0.2, -0.15) is 0 Å². The SMILES string of the molecule is Cc1cccc(CN(CCN)c2cc(C)cc(C)c2)c1. The van der Waals surface area contributed by atoms with Gasteiger partial charge in [-0.05, 0) is 49.6 Å². The van der Waals surface area contributed by atoms with Crippen LogP contribution in [0.2, 0.25) is 0 Å². The number of anilines is 1. The summed E-state index contributed by atoms with van der Waals surface area (Å²) in [6.45, 7) is 8.86. The Morgan fingerprint density at radius 2 is 1.60 bits per heavy atom. The zero-order valence-electron chi connectivity index (χ0n) is 12.7. The van der Waals surface area contributed by atoms with Crippen LogP contribution in [0.4, 0.5) is 5.69 Å². The molecule has 2 heteroatoms. The fourth-order valence-electron chi connectivity index (χ4n) is 2.62. The highest BCUT2D eigenvalue weighted by Gasteiger charge is 2.08. The summed E-state index contributed by atoms with van der Waals surface area (Å²) in [4.78, 5) is 2.36. The van der Waals surface area contributed by atoms with Gasteiger partial charge in [-0.1, -0.05) is 35.9 Å². The second-order valence-electron chi connectivity index (χ2n) is 5.55. The highest BCUT2D eigenvalue weighted by atomic mass is 15.1. The quantitative estimate of drug-likeness (QED) is 0.898. The first-order valence-electron chi connectivity index (χ1n) is 7.17. The molecule has 20 heavy (non-hydrogen) atoms. The minimum atomic E-state index is 0.665. The fraction of sp³-hybridized carbons (Fsp3) is 0.333. The van der Waals surface area contributed by atoms with Crippen molar-refractivity contribution in [3.63, 3.8) is 0 Å². The van der Waals surface area contributed by atoms with Gasteiger partial charge in [-0.15, -0.1) is 0 Å². The average Bonchev–Trinajstić information content (AvgIpc) is 2.37. The number of hydrogen-bond donors (Lipinski definition) is 1. The minimum absolute atomic E-state index is 0.665. The van der Waals surface area contributed by atoms with Crippen LogP contribution in [0, 0.1) is 20.8 Å². The highest BCUT2D eigenvalue weighted by Crippen LogP contribution is 2.21. The van der Waals surface area contributed by atoms with Gasteiger partial charge >= 0.3 is 0 Å². The Balaban J connectivity index is 2.26. The zero-order valence-corrected chi connectivity index (χ0v) is 12.7. The number of rotatable bonds is 5. The second-order valence-corrected chi connectivity index (χ2v) is 5.55. The number of nitrogens with two attached hydrogens (primary N) is 1. The van der Waals surface area contributed by atoms with E-state index in [1.807, 2.05) is 0 Å². The molecule has 0 saturated carbocycles. The van der Waals surface area contributed by atoms with Crippen LogP contribution >= 0.6 is 0 Å². The molecular formula is C18H24N2. The van der Waals surface area contributed by atoms with E-state index in [9.17, 15) is 0 Å². The Labute approximate surface area is 122 Å². The molecule has 0 aliphatic heterocycles. The van der Waals surface area contributed by atoms with E-state index >= 15 is 0 Å². The maximum Gasteiger partial charge on any atom is 0.0430 e. The van der Waals surface area contributed by atoms with Crippen LogP contribution in [-0.4, -0.2) is 13.1 Å². The molecule has 2 aromatic rings. The number of hydrogen-bond acceptors (Lipinski definition) is 2. The molecule has 2 rings (SSSR count). The van der Waals surface area contributed by atoms with Crippen molar-refractivity contribution >= 4 is 5.69 Å². The summed E-state index contributed by atoms with van der Waals surface area (Å²) < 4.78 is 0. The first kappa shape index (κ1) is 14.6. The van der Waals surface area contributed by atoms with E-state index in [2.05, 4.69) is 68.1 Å². The minimum Gasteiger partial charge on any atom is -0.366 e. The van der Waals surface area contributed by atoms with Crippen LogP contribution in [0.5, 0.6) is 0 Å². The number of nitrogens with zero attached hydrogens (tertiary/aromatic N) is 1. The van der Waals surface area contributed by atoms with Crippen LogP contribution in [0.15, 0.2) is 42.5 Å². The van der Waals surface area contributed by atoms with Crippen LogP contribution in [-0.2, 0) is 6.54 Å². The molecule has 0 amide bonds. The molecule has 2 nitrogen and oxygen atoms in total. The molecule has 0 spiro atoms. The third-order valence-corrected chi connectivity index (χ3v) is 3.43. The third-order valence-electron chi connectivity index (χ3n) is 3.43. The van der Waals surface area contributed by atoms with Crippen molar-refractivity contribution in [2.24, 2.45) is 5.73 Å². The van der Waals surface area contributed by atoms with E-state index in [-0.39, 0.29) is 0 Å². The smallest absolute Gasteiger partial charge is 0.0430 e. The first-order valence-corrected chi connectivity index (χ1v) is 7.17. The topological polar surface area (TPSA) is 29.3 Å². The summed E-state index contributed by atoms with van der Waals surface area (Å²) in [7, 11) is 0. The van der Waals surface area contributed by atoms with Crippen LogP contribution in [0.25, 0.3) is 0 Å². The van der Waals surface area contributed by atoms with E-state index in [4.69, 9.17) is 5.73 Å². The number of benzene rings is 2. The highest BCUT2D eigenvalue weighted by molar-refractivity contribution is 5.51. The number of aryl methyl sites for hydroxylation is 3. The Hall–Kier alpha value is -1.80. The Bertz CT molecular complexity index is 555. The lowest BCUT2D eigenvalue weighted by molar-refractivity contribution is 0.788. The van der Waals surface area contributed by atoms with E-state index in [1.54, 1.807) is 0 Å². The van der Waals surface area contributed by atoms with Gasteiger partial charge in [-0.25, -0.2) is 0 Å². The molecular weight excluding hydrogens is 244 g/mol. The van der Waals surface area contributed by atoms with Gasteiger partial charge in [-0.3, -0.25) is 0 Å². The molecule has 0 radical (unpaired) electrons. The summed E-state index contributed by atoms with van der Waals surface area (Å²) >= 11 is 0. The van der Waals surface area contributed by atoms with Crippen molar-refractivity contribution in [3.05, 3.63) is 64.7 Å². The Morgan fingerprint density at radius 1 is 0.900 bits per heavy atom. The van der Waals surface area contributed by atoms with Gasteiger partial charge < -0.3 is 10.6 Å². The third kappa shape index (κ3) is 3.84. The lowest BCUT2D eigenvalue weighted by Gasteiger charge is -2.25. The van der Waals surface area contributed by atoms with E-state index in [0.29, 0.717) is 6.54 Å². The summed E-state index contributed by atoms with van der Waals surface area (Å²) in [5, 5.41) is 0. The summed E-state index contributed by atoms with van der Waals surface area (Å²) in [6.07, 6.45) is 0. The molecule has 2 aromatic carbocycles. The fourth-order valence-corrected chi connectivity index (χ4v) is 2.62. The van der Waals surface area contributed by atoms with Crippen molar-refractivity contribution in [1.29, 1.82) is 0 Å². The standard InChI is InChI=1S/C18H24N2/c1-14-5-4-6-17(10-14)13-20(8-7-19)18-11-15(2)9-16(3)12-18/h4-6,9-12H,7-8,13,19H2,1-3H3. The molecule has 106 valence electrons. The van der Waals surface area contributed by atoms with Gasteiger partial charge in [0.15, 0.2) is 0 Å². The largest absolute Gasteiger partial charge is 0.366 e. The average molecular weight is 268 g/mol. The molecule has 0 aliphatic rings. The van der Waals surface area contributed by atoms with E-state index < -0.39 is 0 Å². The predicted octanol–water partition coefficient (Wildman–Crippen LogP) is 3.58. The van der Waals surface area contributed by atoms with Crippen LogP contribution in [0.3, 0.4) is 0 Å². The molecule has 0 atom stereocenters. The molecule has 0 aromatic heterocycles. The normalized spacial score (nSPS) is 10.6. The maximum atomic E-state index is 5.78. The van der Waals surface area contributed by atoms with Gasteiger partial charge in [0.05, 0.1) is 0 Å². The van der Waals surface area contributed by atoms with Crippen molar-refractivity contribution in [2.45, 2.75) is 27.3 Å². The van der Waals surface area contributed by atoms with Gasteiger partial charge in [0.1, 0.15) is 0 Å². The summed E-state index contributed by atoms with van der Waals surface area (Å²) in [5.74, 6) is 0. The van der Waals surface area contributed by atoms with Crippen molar-refractivity contribution < 1.29 is 0 Å². The van der Waals surface area contributed by atoms with Crippen molar-refractivity contribution in [1.82, 2.24) is 0 Å². The van der Waals surface area contributed by atoms with E-state index in [1.165, 1.54) is 27.9 Å². The molecule has 0 saturated heterocycles. The molecule has 0 aliphatic carbocycles. The summed E-state index contributed by atoms with van der Waals surface area (Å²) in [5.41, 5.74) is 12.3.